The molecule has 2 aromatic carbocycles. The molecule has 2 aromatic rings. The maximum Gasteiger partial charge on any atom is 0.335 e. The zero-order valence-electron chi connectivity index (χ0n) is 12.7. The average Bonchev–Trinajstić information content (AvgIpc) is 2.54. The number of aromatic carboxylic acids is 1. The second-order valence-electron chi connectivity index (χ2n) is 4.95. The van der Waals surface area contributed by atoms with Crippen molar-refractivity contribution in [3.05, 3.63) is 59.2 Å². The first-order valence-electron chi connectivity index (χ1n) is 6.89. The number of nitrogens with one attached hydrogen (secondary N) is 2. The summed E-state index contributed by atoms with van der Waals surface area (Å²) in [7, 11) is 1.76. The summed E-state index contributed by atoms with van der Waals surface area (Å²) >= 11 is 0. The van der Waals surface area contributed by atoms with Crippen molar-refractivity contribution in [1.29, 1.82) is 0 Å². The van der Waals surface area contributed by atoms with E-state index < -0.39 is 11.9 Å². The highest BCUT2D eigenvalue weighted by Crippen LogP contribution is 2.17. The molecule has 0 radical (unpaired) electrons. The zero-order chi connectivity index (χ0) is 17.0. The largest absolute Gasteiger partial charge is 0.478 e. The van der Waals surface area contributed by atoms with Crippen molar-refractivity contribution in [2.24, 2.45) is 0 Å². The second kappa shape index (κ2) is 6.74. The van der Waals surface area contributed by atoms with Gasteiger partial charge in [-0.2, -0.15) is 0 Å². The highest BCUT2D eigenvalue weighted by atomic mass is 16.4. The Balaban J connectivity index is 2.34. The lowest BCUT2D eigenvalue weighted by molar-refractivity contribution is 0.0697. The first-order chi connectivity index (χ1) is 10.9. The minimum atomic E-state index is -1.20. The van der Waals surface area contributed by atoms with Crippen molar-refractivity contribution in [3.8, 4) is 0 Å². The summed E-state index contributed by atoms with van der Waals surface area (Å²) in [5.74, 6) is -1.98. The molecule has 23 heavy (non-hydrogen) atoms. The van der Waals surface area contributed by atoms with E-state index in [0.717, 1.165) is 5.69 Å². The smallest absolute Gasteiger partial charge is 0.335 e. The van der Waals surface area contributed by atoms with E-state index in [4.69, 9.17) is 5.11 Å². The number of hydrogen-bond acceptors (Lipinski definition) is 4. The van der Waals surface area contributed by atoms with Crippen LogP contribution in [-0.2, 0) is 0 Å². The molecule has 0 spiro atoms. The van der Waals surface area contributed by atoms with Crippen LogP contribution in [0.1, 0.15) is 38.0 Å². The number of amides is 1. The molecule has 0 heterocycles. The standard InChI is InChI=1S/C17H16N2O4/c1-10(20)11-6-12(8-13(7-11)17(22)23)16(21)19-15-5-3-4-14(9-15)18-2/h3-9,18H,1-2H3,(H,19,21)(H,22,23). The topological polar surface area (TPSA) is 95.5 Å². The number of benzene rings is 2. The molecule has 0 unspecified atom stereocenters. The molecule has 0 aliphatic rings. The van der Waals surface area contributed by atoms with E-state index in [0.29, 0.717) is 5.69 Å². The summed E-state index contributed by atoms with van der Waals surface area (Å²) in [6, 6.07) is 10.9. The number of carbonyl (C=O) groups is 3. The van der Waals surface area contributed by atoms with Crippen molar-refractivity contribution in [2.45, 2.75) is 6.92 Å². The fourth-order valence-corrected chi connectivity index (χ4v) is 2.04. The Morgan fingerprint density at radius 2 is 1.52 bits per heavy atom. The molecular weight excluding hydrogens is 296 g/mol. The number of hydrogen-bond donors (Lipinski definition) is 3. The normalized spacial score (nSPS) is 10.0. The Kier molecular flexibility index (Phi) is 4.75. The SMILES string of the molecule is CNc1cccc(NC(=O)c2cc(C(C)=O)cc(C(=O)O)c2)c1. The second-order valence-corrected chi connectivity index (χ2v) is 4.95. The van der Waals surface area contributed by atoms with Gasteiger partial charge in [-0.15, -0.1) is 0 Å². The quantitative estimate of drug-likeness (QED) is 0.738. The molecule has 0 aromatic heterocycles. The molecule has 0 bridgehead atoms. The summed E-state index contributed by atoms with van der Waals surface area (Å²) < 4.78 is 0. The first kappa shape index (κ1) is 16.2. The average molecular weight is 312 g/mol. The van der Waals surface area contributed by atoms with Crippen LogP contribution in [-0.4, -0.2) is 29.8 Å². The van der Waals surface area contributed by atoms with Crippen molar-refractivity contribution in [3.63, 3.8) is 0 Å². The Morgan fingerprint density at radius 3 is 2.13 bits per heavy atom. The van der Waals surface area contributed by atoms with Crippen LogP contribution in [0.3, 0.4) is 0 Å². The van der Waals surface area contributed by atoms with Gasteiger partial charge in [-0.1, -0.05) is 6.07 Å². The van der Waals surface area contributed by atoms with E-state index in [1.807, 2.05) is 6.07 Å². The van der Waals surface area contributed by atoms with E-state index in [-0.39, 0.29) is 22.5 Å². The van der Waals surface area contributed by atoms with Crippen LogP contribution in [0.25, 0.3) is 0 Å². The van der Waals surface area contributed by atoms with Crippen molar-refractivity contribution < 1.29 is 19.5 Å². The summed E-state index contributed by atoms with van der Waals surface area (Å²) in [4.78, 5) is 35.0. The van der Waals surface area contributed by atoms with E-state index in [2.05, 4.69) is 10.6 Å². The van der Waals surface area contributed by atoms with Crippen LogP contribution in [0.2, 0.25) is 0 Å². The number of carboxylic acid groups (broad SMARTS) is 1. The van der Waals surface area contributed by atoms with Gasteiger partial charge in [-0.05, 0) is 43.3 Å². The molecule has 6 heteroatoms. The molecule has 0 aliphatic carbocycles. The lowest BCUT2D eigenvalue weighted by Gasteiger charge is -2.09. The molecule has 6 nitrogen and oxygen atoms in total. The first-order valence-corrected chi connectivity index (χ1v) is 6.89. The van der Waals surface area contributed by atoms with Crippen LogP contribution >= 0.6 is 0 Å². The van der Waals surface area contributed by atoms with Gasteiger partial charge in [0.05, 0.1) is 5.56 Å². The summed E-state index contributed by atoms with van der Waals surface area (Å²) in [5.41, 5.74) is 1.58. The van der Waals surface area contributed by atoms with Crippen molar-refractivity contribution >= 4 is 29.0 Å². The maximum absolute atomic E-state index is 12.3. The Hall–Kier alpha value is -3.15. The molecule has 3 N–H and O–H groups in total. The van der Waals surface area contributed by atoms with Crippen LogP contribution in [0, 0.1) is 0 Å². The third-order valence-electron chi connectivity index (χ3n) is 3.26. The molecule has 118 valence electrons. The van der Waals surface area contributed by atoms with Gasteiger partial charge >= 0.3 is 5.97 Å². The highest BCUT2D eigenvalue weighted by molar-refractivity contribution is 6.08. The van der Waals surface area contributed by atoms with Crippen LogP contribution in [0.4, 0.5) is 11.4 Å². The van der Waals surface area contributed by atoms with Gasteiger partial charge in [-0.25, -0.2) is 4.79 Å². The van der Waals surface area contributed by atoms with Crippen molar-refractivity contribution in [1.82, 2.24) is 0 Å². The van der Waals surface area contributed by atoms with Gasteiger partial charge < -0.3 is 15.7 Å². The summed E-state index contributed by atoms with van der Waals surface area (Å²) in [6.07, 6.45) is 0. The van der Waals surface area contributed by atoms with Crippen LogP contribution in [0.5, 0.6) is 0 Å². The number of carboxylic acids is 1. The number of ketones is 1. The fraction of sp³-hybridized carbons (Fsp3) is 0.118. The Morgan fingerprint density at radius 1 is 0.913 bits per heavy atom. The Labute approximate surface area is 133 Å². The molecule has 0 saturated heterocycles. The number of rotatable bonds is 5. The van der Waals surface area contributed by atoms with Gasteiger partial charge in [0.1, 0.15) is 0 Å². The third kappa shape index (κ3) is 3.94. The number of anilines is 2. The van der Waals surface area contributed by atoms with Gasteiger partial charge in [0, 0.05) is 29.5 Å². The number of Topliss-reactive ketones (excluding diaryl/α,β-unsaturated/α-hetero) is 1. The minimum Gasteiger partial charge on any atom is -0.478 e. The van der Waals surface area contributed by atoms with E-state index in [1.165, 1.54) is 25.1 Å². The zero-order valence-corrected chi connectivity index (χ0v) is 12.7. The Bertz CT molecular complexity index is 752. The van der Waals surface area contributed by atoms with E-state index >= 15 is 0 Å². The van der Waals surface area contributed by atoms with E-state index in [9.17, 15) is 14.4 Å². The maximum atomic E-state index is 12.3. The highest BCUT2D eigenvalue weighted by Gasteiger charge is 2.14. The molecule has 0 saturated carbocycles. The van der Waals surface area contributed by atoms with Crippen LogP contribution < -0.4 is 10.6 Å². The summed E-state index contributed by atoms with van der Waals surface area (Å²) in [5, 5.41) is 14.7. The number of carbonyl (C=O) groups excluding carboxylic acids is 2. The monoisotopic (exact) mass is 312 g/mol. The molecule has 0 fully saturated rings. The molecule has 1 amide bonds. The van der Waals surface area contributed by atoms with Crippen LogP contribution in [0.15, 0.2) is 42.5 Å². The van der Waals surface area contributed by atoms with E-state index in [1.54, 1.807) is 25.2 Å². The van der Waals surface area contributed by atoms with Gasteiger partial charge in [0.25, 0.3) is 5.91 Å². The lowest BCUT2D eigenvalue weighted by Crippen LogP contribution is -2.14. The predicted octanol–water partition coefficient (Wildman–Crippen LogP) is 2.88. The van der Waals surface area contributed by atoms with Gasteiger partial charge in [-0.3, -0.25) is 9.59 Å². The molecule has 0 atom stereocenters. The molecule has 2 rings (SSSR count). The fourth-order valence-electron chi connectivity index (χ4n) is 2.04. The predicted molar refractivity (Wildman–Crippen MR) is 87.3 cm³/mol. The van der Waals surface area contributed by atoms with Gasteiger partial charge in [0.2, 0.25) is 0 Å². The van der Waals surface area contributed by atoms with Crippen molar-refractivity contribution in [2.75, 3.05) is 17.7 Å². The lowest BCUT2D eigenvalue weighted by atomic mass is 10.0. The molecular formula is C17H16N2O4. The van der Waals surface area contributed by atoms with Gasteiger partial charge in [0.15, 0.2) is 5.78 Å². The summed E-state index contributed by atoms with van der Waals surface area (Å²) in [6.45, 7) is 1.32. The molecule has 0 aliphatic heterocycles. The minimum absolute atomic E-state index is 0.105. The third-order valence-corrected chi connectivity index (χ3v) is 3.26.